The summed E-state index contributed by atoms with van der Waals surface area (Å²) in [4.78, 5) is 11.3. The maximum atomic E-state index is 11.3. The van der Waals surface area contributed by atoms with Crippen molar-refractivity contribution in [3.05, 3.63) is 11.5 Å². The number of hydrogen-bond acceptors (Lipinski definition) is 3. The van der Waals surface area contributed by atoms with Crippen LogP contribution in [-0.4, -0.2) is 30.8 Å². The zero-order valence-corrected chi connectivity index (χ0v) is 10.8. The fourth-order valence-corrected chi connectivity index (χ4v) is 1.90. The maximum absolute atomic E-state index is 11.3. The van der Waals surface area contributed by atoms with E-state index in [0.717, 1.165) is 19.4 Å². The van der Waals surface area contributed by atoms with Crippen LogP contribution in [0.15, 0.2) is 11.5 Å². The van der Waals surface area contributed by atoms with Gasteiger partial charge >= 0.3 is 0 Å². The van der Waals surface area contributed by atoms with E-state index < -0.39 is 0 Å². The lowest BCUT2D eigenvalue weighted by Crippen LogP contribution is -2.46. The van der Waals surface area contributed by atoms with Crippen LogP contribution in [0.3, 0.4) is 0 Å². The van der Waals surface area contributed by atoms with Gasteiger partial charge in [-0.3, -0.25) is 4.79 Å². The molecule has 1 fully saturated rings. The molecule has 2 unspecified atom stereocenters. The van der Waals surface area contributed by atoms with E-state index in [4.69, 9.17) is 0 Å². The lowest BCUT2D eigenvalue weighted by atomic mass is 10.0. The van der Waals surface area contributed by atoms with Gasteiger partial charge in [0.2, 0.25) is 5.91 Å². The van der Waals surface area contributed by atoms with Crippen LogP contribution < -0.4 is 10.6 Å². The van der Waals surface area contributed by atoms with E-state index in [-0.39, 0.29) is 18.3 Å². The number of thioether (sulfide) groups is 1. The number of nitrogens with one attached hydrogen (secondary N) is 2. The van der Waals surface area contributed by atoms with Crippen molar-refractivity contribution < 1.29 is 4.79 Å². The molecule has 0 aromatic heterocycles. The monoisotopic (exact) mass is 250 g/mol. The molecule has 5 heteroatoms. The van der Waals surface area contributed by atoms with Crippen molar-refractivity contribution >= 4 is 30.1 Å². The Hall–Kier alpha value is -0.190. The van der Waals surface area contributed by atoms with E-state index >= 15 is 0 Å². The normalized spacial score (nSPS) is 26.0. The molecule has 0 aromatic carbocycles. The van der Waals surface area contributed by atoms with Crippen molar-refractivity contribution in [1.82, 2.24) is 10.6 Å². The summed E-state index contributed by atoms with van der Waals surface area (Å²) >= 11 is 1.54. The highest BCUT2D eigenvalue weighted by Crippen LogP contribution is 2.07. The van der Waals surface area contributed by atoms with Crippen LogP contribution in [0.25, 0.3) is 0 Å². The summed E-state index contributed by atoms with van der Waals surface area (Å²) in [5, 5.41) is 8.17. The van der Waals surface area contributed by atoms with Gasteiger partial charge < -0.3 is 10.6 Å². The Kier molecular flexibility index (Phi) is 7.92. The minimum absolute atomic E-state index is 0. The van der Waals surface area contributed by atoms with Gasteiger partial charge in [0, 0.05) is 18.2 Å². The Morgan fingerprint density at radius 2 is 2.33 bits per heavy atom. The third-order valence-corrected chi connectivity index (χ3v) is 2.73. The minimum atomic E-state index is 0. The predicted molar refractivity (Wildman–Crippen MR) is 68.5 cm³/mol. The molecule has 1 heterocycles. The van der Waals surface area contributed by atoms with Crippen molar-refractivity contribution in [3.8, 4) is 0 Å². The largest absolute Gasteiger partial charge is 0.350 e. The zero-order valence-electron chi connectivity index (χ0n) is 9.16. The van der Waals surface area contributed by atoms with E-state index in [9.17, 15) is 4.79 Å². The maximum Gasteiger partial charge on any atom is 0.244 e. The molecule has 0 saturated carbocycles. The smallest absolute Gasteiger partial charge is 0.244 e. The Morgan fingerprint density at radius 3 is 2.93 bits per heavy atom. The molecular formula is C10H19ClN2OS. The van der Waals surface area contributed by atoms with Crippen molar-refractivity contribution in [2.45, 2.75) is 31.8 Å². The quantitative estimate of drug-likeness (QED) is 0.747. The molecule has 0 bridgehead atoms. The lowest BCUT2D eigenvalue weighted by Gasteiger charge is -2.28. The van der Waals surface area contributed by atoms with Gasteiger partial charge in [0.1, 0.15) is 0 Å². The topological polar surface area (TPSA) is 41.1 Å². The SMILES string of the molecule is CS/C=C/C(=O)NC1CCNC(C)C1.Cl. The molecule has 1 aliphatic rings. The number of halogens is 1. The molecule has 2 N–H and O–H groups in total. The van der Waals surface area contributed by atoms with Crippen LogP contribution >= 0.6 is 24.2 Å². The number of rotatable bonds is 3. The highest BCUT2D eigenvalue weighted by atomic mass is 35.5. The van der Waals surface area contributed by atoms with E-state index in [1.807, 2.05) is 6.26 Å². The third kappa shape index (κ3) is 6.07. The minimum Gasteiger partial charge on any atom is -0.350 e. The second-order valence-electron chi connectivity index (χ2n) is 3.62. The first-order valence-electron chi connectivity index (χ1n) is 4.95. The second kappa shape index (κ2) is 8.02. The summed E-state index contributed by atoms with van der Waals surface area (Å²) < 4.78 is 0. The van der Waals surface area contributed by atoms with Crippen molar-refractivity contribution in [1.29, 1.82) is 0 Å². The molecule has 1 saturated heterocycles. The fraction of sp³-hybridized carbons (Fsp3) is 0.700. The number of carbonyl (C=O) groups is 1. The summed E-state index contributed by atoms with van der Waals surface area (Å²) in [6.45, 7) is 3.15. The molecule has 2 atom stereocenters. The summed E-state index contributed by atoms with van der Waals surface area (Å²) in [6, 6.07) is 0.851. The van der Waals surface area contributed by atoms with E-state index in [1.54, 1.807) is 11.5 Å². The molecule has 0 radical (unpaired) electrons. The summed E-state index contributed by atoms with van der Waals surface area (Å²) in [6.07, 6.45) is 5.59. The fourth-order valence-electron chi connectivity index (χ4n) is 1.64. The van der Waals surface area contributed by atoms with Gasteiger partial charge in [0.25, 0.3) is 0 Å². The molecule has 88 valence electrons. The van der Waals surface area contributed by atoms with E-state index in [1.165, 1.54) is 11.8 Å². The summed E-state index contributed by atoms with van der Waals surface area (Å²) in [5.41, 5.74) is 0. The Morgan fingerprint density at radius 1 is 1.60 bits per heavy atom. The summed E-state index contributed by atoms with van der Waals surface area (Å²) in [7, 11) is 0. The van der Waals surface area contributed by atoms with Crippen molar-refractivity contribution in [3.63, 3.8) is 0 Å². The number of amides is 1. The van der Waals surface area contributed by atoms with Crippen molar-refractivity contribution in [2.75, 3.05) is 12.8 Å². The second-order valence-corrected chi connectivity index (χ2v) is 4.37. The highest BCUT2D eigenvalue weighted by Gasteiger charge is 2.18. The van der Waals surface area contributed by atoms with Gasteiger partial charge in [0.05, 0.1) is 0 Å². The van der Waals surface area contributed by atoms with Crippen LogP contribution in [0.5, 0.6) is 0 Å². The van der Waals surface area contributed by atoms with Crippen LogP contribution in [0.2, 0.25) is 0 Å². The average molecular weight is 251 g/mol. The first kappa shape index (κ1) is 14.8. The molecule has 0 spiro atoms. The molecule has 0 aromatic rings. The van der Waals surface area contributed by atoms with Gasteiger partial charge in [0.15, 0.2) is 0 Å². The molecular weight excluding hydrogens is 232 g/mol. The lowest BCUT2D eigenvalue weighted by molar-refractivity contribution is -0.117. The number of piperidine rings is 1. The number of carbonyl (C=O) groups excluding carboxylic acids is 1. The highest BCUT2D eigenvalue weighted by molar-refractivity contribution is 8.01. The molecule has 1 amide bonds. The van der Waals surface area contributed by atoms with Crippen molar-refractivity contribution in [2.24, 2.45) is 0 Å². The van der Waals surface area contributed by atoms with E-state index in [0.29, 0.717) is 12.1 Å². The Balaban J connectivity index is 0.00000196. The molecule has 1 aliphatic heterocycles. The first-order chi connectivity index (χ1) is 6.72. The third-order valence-electron chi connectivity index (χ3n) is 2.33. The van der Waals surface area contributed by atoms with E-state index in [2.05, 4.69) is 17.6 Å². The predicted octanol–water partition coefficient (Wildman–Crippen LogP) is 1.54. The molecule has 1 rings (SSSR count). The molecule has 0 aliphatic carbocycles. The summed E-state index contributed by atoms with van der Waals surface area (Å²) in [5.74, 6) is 0.0263. The Bertz CT molecular complexity index is 223. The van der Waals surface area contributed by atoms with Gasteiger partial charge in [-0.2, -0.15) is 0 Å². The zero-order chi connectivity index (χ0) is 10.4. The number of hydrogen-bond donors (Lipinski definition) is 2. The van der Waals surface area contributed by atoms with Gasteiger partial charge in [-0.05, 0) is 38.0 Å². The van der Waals surface area contributed by atoms with Crippen LogP contribution in [0.1, 0.15) is 19.8 Å². The first-order valence-corrected chi connectivity index (χ1v) is 6.24. The van der Waals surface area contributed by atoms with Gasteiger partial charge in [-0.15, -0.1) is 24.2 Å². The standard InChI is InChI=1S/C10H18N2OS.ClH/c1-8-7-9(3-5-11-8)12-10(13)4-6-14-2;/h4,6,8-9,11H,3,5,7H2,1-2H3,(H,12,13);1H/b6-4+;. The van der Waals surface area contributed by atoms with Crippen LogP contribution in [0.4, 0.5) is 0 Å². The van der Waals surface area contributed by atoms with Gasteiger partial charge in [-0.1, -0.05) is 0 Å². The Labute approximate surface area is 102 Å². The van der Waals surface area contributed by atoms with Crippen LogP contribution in [-0.2, 0) is 4.79 Å². The van der Waals surface area contributed by atoms with Gasteiger partial charge in [-0.25, -0.2) is 0 Å². The van der Waals surface area contributed by atoms with Crippen LogP contribution in [0, 0.1) is 0 Å². The molecule has 3 nitrogen and oxygen atoms in total. The molecule has 15 heavy (non-hydrogen) atoms. The average Bonchev–Trinajstić information content (AvgIpc) is 2.15.